The Bertz CT molecular complexity index is 1870. The summed E-state index contributed by atoms with van der Waals surface area (Å²) >= 11 is 12.7. The van der Waals surface area contributed by atoms with Crippen LogP contribution < -0.4 is 20.2 Å². The quantitative estimate of drug-likeness (QED) is 0.189. The maximum Gasteiger partial charge on any atom is 0.350 e. The Labute approximate surface area is 288 Å². The van der Waals surface area contributed by atoms with Crippen LogP contribution in [0, 0.1) is 0 Å². The van der Waals surface area contributed by atoms with Crippen molar-refractivity contribution in [2.75, 3.05) is 49.2 Å². The molecule has 2 atom stereocenters. The second-order valence-electron chi connectivity index (χ2n) is 11.8. The molecule has 48 heavy (non-hydrogen) atoms. The number of ether oxygens (including phenoxy) is 3. The summed E-state index contributed by atoms with van der Waals surface area (Å²) in [7, 11) is 0. The molecule has 0 spiro atoms. The predicted molar refractivity (Wildman–Crippen MR) is 183 cm³/mol. The summed E-state index contributed by atoms with van der Waals surface area (Å²) in [6.07, 6.45) is 5.19. The summed E-state index contributed by atoms with van der Waals surface area (Å²) in [5, 5.41) is 9.42. The average Bonchev–Trinajstić information content (AvgIpc) is 3.86. The highest BCUT2D eigenvalue weighted by molar-refractivity contribution is 6.35. The zero-order valence-electron chi connectivity index (χ0n) is 26.5. The van der Waals surface area contributed by atoms with Gasteiger partial charge in [-0.15, -0.1) is 0 Å². The van der Waals surface area contributed by atoms with Crippen LogP contribution in [0.4, 0.5) is 11.4 Å². The van der Waals surface area contributed by atoms with E-state index in [2.05, 4.69) is 49.2 Å². The van der Waals surface area contributed by atoms with Gasteiger partial charge in [0, 0.05) is 54.7 Å². The van der Waals surface area contributed by atoms with Crippen molar-refractivity contribution in [3.8, 4) is 11.4 Å². The van der Waals surface area contributed by atoms with Gasteiger partial charge in [-0.3, -0.25) is 0 Å². The number of piperazine rings is 1. The fraction of sp³-hybridized carbons (Fsp3) is 0.353. The smallest absolute Gasteiger partial charge is 0.350 e. The number of aromatic nitrogens is 6. The molecule has 14 heteroatoms. The van der Waals surface area contributed by atoms with Crippen molar-refractivity contribution in [1.29, 1.82) is 0 Å². The van der Waals surface area contributed by atoms with Gasteiger partial charge in [-0.05, 0) is 67.1 Å². The minimum Gasteiger partial charge on any atom is -0.491 e. The second-order valence-corrected chi connectivity index (χ2v) is 12.7. The summed E-state index contributed by atoms with van der Waals surface area (Å²) in [5.41, 5.74) is 3.65. The van der Waals surface area contributed by atoms with E-state index in [0.717, 1.165) is 55.4 Å². The molecule has 2 aliphatic rings. The molecule has 0 saturated carbocycles. The minimum atomic E-state index is -1.16. The van der Waals surface area contributed by atoms with E-state index in [1.54, 1.807) is 34.0 Å². The van der Waals surface area contributed by atoms with Crippen LogP contribution in [0.3, 0.4) is 0 Å². The van der Waals surface area contributed by atoms with E-state index in [4.69, 9.17) is 37.4 Å². The molecule has 2 saturated heterocycles. The van der Waals surface area contributed by atoms with Gasteiger partial charge in [0.25, 0.3) is 0 Å². The first-order chi connectivity index (χ1) is 23.4. The molecule has 3 aromatic carbocycles. The highest BCUT2D eigenvalue weighted by Crippen LogP contribution is 2.40. The highest BCUT2D eigenvalue weighted by Gasteiger charge is 2.45. The molecule has 0 amide bonds. The van der Waals surface area contributed by atoms with Crippen LogP contribution in [0.25, 0.3) is 5.69 Å². The molecule has 2 aliphatic heterocycles. The highest BCUT2D eigenvalue weighted by atomic mass is 35.5. The third kappa shape index (κ3) is 6.79. The monoisotopic (exact) mass is 690 g/mol. The van der Waals surface area contributed by atoms with Crippen molar-refractivity contribution in [1.82, 2.24) is 29.1 Å². The van der Waals surface area contributed by atoms with E-state index >= 15 is 0 Å². The molecule has 1 unspecified atom stereocenters. The average molecular weight is 692 g/mol. The van der Waals surface area contributed by atoms with Gasteiger partial charge in [0.15, 0.2) is 0 Å². The number of anilines is 2. The fourth-order valence-corrected chi connectivity index (χ4v) is 6.70. The molecule has 0 N–H and O–H groups in total. The summed E-state index contributed by atoms with van der Waals surface area (Å²) in [6, 6.07) is 21.5. The van der Waals surface area contributed by atoms with E-state index in [0.29, 0.717) is 35.4 Å². The lowest BCUT2D eigenvalue weighted by atomic mass is 10.1. The lowest BCUT2D eigenvalue weighted by molar-refractivity contribution is -0.190. The SMILES string of the molecule is CCCn1ncn(-c2ccc(N3CCN(c4ccc(OC[C@H]5COC(Cn6cncn6)(c6ccc(Cl)cc6Cl)O5)cc4)CC3)cc2)c1=O. The van der Waals surface area contributed by atoms with Crippen LogP contribution in [0.15, 0.2) is 90.5 Å². The van der Waals surface area contributed by atoms with E-state index in [1.807, 2.05) is 37.3 Å². The number of benzene rings is 3. The van der Waals surface area contributed by atoms with Crippen LogP contribution in [-0.2, 0) is 28.4 Å². The van der Waals surface area contributed by atoms with Crippen molar-refractivity contribution in [2.24, 2.45) is 0 Å². The topological polar surface area (TPSA) is 105 Å². The lowest BCUT2D eigenvalue weighted by Gasteiger charge is -2.37. The third-order valence-electron chi connectivity index (χ3n) is 8.62. The first-order valence-electron chi connectivity index (χ1n) is 16.0. The van der Waals surface area contributed by atoms with Crippen molar-refractivity contribution in [2.45, 2.75) is 38.3 Å². The largest absolute Gasteiger partial charge is 0.491 e. The molecule has 7 rings (SSSR count). The molecule has 250 valence electrons. The molecular weight excluding hydrogens is 655 g/mol. The second kappa shape index (κ2) is 14.0. The Kier molecular flexibility index (Phi) is 9.40. The van der Waals surface area contributed by atoms with Crippen LogP contribution in [0.2, 0.25) is 10.0 Å². The van der Waals surface area contributed by atoms with E-state index < -0.39 is 5.79 Å². The number of halogens is 2. The summed E-state index contributed by atoms with van der Waals surface area (Å²) in [5.74, 6) is -0.409. The van der Waals surface area contributed by atoms with E-state index in [9.17, 15) is 4.79 Å². The van der Waals surface area contributed by atoms with E-state index in [-0.39, 0.29) is 18.3 Å². The van der Waals surface area contributed by atoms with Crippen LogP contribution in [0.5, 0.6) is 5.75 Å². The van der Waals surface area contributed by atoms with Gasteiger partial charge in [0.2, 0.25) is 5.79 Å². The van der Waals surface area contributed by atoms with Gasteiger partial charge in [-0.2, -0.15) is 10.2 Å². The number of hydrogen-bond donors (Lipinski definition) is 0. The van der Waals surface area contributed by atoms with Gasteiger partial charge < -0.3 is 24.0 Å². The molecule has 2 aromatic heterocycles. The Morgan fingerprint density at radius 2 is 1.58 bits per heavy atom. The van der Waals surface area contributed by atoms with Crippen molar-refractivity contribution in [3.05, 3.63) is 112 Å². The van der Waals surface area contributed by atoms with Gasteiger partial charge in [0.05, 0.1) is 17.3 Å². The molecule has 4 heterocycles. The van der Waals surface area contributed by atoms with Crippen LogP contribution >= 0.6 is 23.2 Å². The number of rotatable bonds is 11. The zero-order valence-corrected chi connectivity index (χ0v) is 28.0. The molecule has 5 aromatic rings. The standard InChI is InChI=1S/C34H36Cl2N8O4/c1-2-13-44-33(45)43(24-39-44)28-6-4-26(5-7-28)40-14-16-41(17-15-40)27-8-10-29(11-9-27)46-19-30-20-47-34(48-30,21-42-23-37-22-38-42)31-12-3-25(35)18-32(31)36/h3-12,18,22-24,30H,2,13-17,19-21H2,1H3/t30-,34?/m0/s1. The molecule has 12 nitrogen and oxygen atoms in total. The minimum absolute atomic E-state index is 0.114. The zero-order chi connectivity index (χ0) is 33.1. The number of nitrogens with zero attached hydrogens (tertiary/aromatic N) is 8. The molecule has 2 fully saturated rings. The van der Waals surface area contributed by atoms with Crippen molar-refractivity contribution >= 4 is 34.6 Å². The maximum atomic E-state index is 12.6. The molecule has 0 bridgehead atoms. The Morgan fingerprint density at radius 1 is 0.896 bits per heavy atom. The summed E-state index contributed by atoms with van der Waals surface area (Å²) in [6.45, 7) is 7.09. The molecule has 0 radical (unpaired) electrons. The summed E-state index contributed by atoms with van der Waals surface area (Å²) in [4.78, 5) is 21.4. The molecular formula is C34H36Cl2N8O4. The molecule has 0 aliphatic carbocycles. The third-order valence-corrected chi connectivity index (χ3v) is 9.16. The van der Waals surface area contributed by atoms with Crippen LogP contribution in [0.1, 0.15) is 18.9 Å². The predicted octanol–water partition coefficient (Wildman–Crippen LogP) is 5.02. The first kappa shape index (κ1) is 32.2. The fourth-order valence-electron chi connectivity index (χ4n) is 6.15. The Morgan fingerprint density at radius 3 is 2.23 bits per heavy atom. The van der Waals surface area contributed by atoms with Gasteiger partial charge in [-0.1, -0.05) is 36.2 Å². The van der Waals surface area contributed by atoms with Gasteiger partial charge in [-0.25, -0.2) is 23.7 Å². The lowest BCUT2D eigenvalue weighted by Crippen LogP contribution is -2.46. The maximum absolute atomic E-state index is 12.6. The van der Waals surface area contributed by atoms with Gasteiger partial charge in [0.1, 0.15) is 44.0 Å². The first-order valence-corrected chi connectivity index (χ1v) is 16.7. The van der Waals surface area contributed by atoms with Crippen molar-refractivity contribution in [3.63, 3.8) is 0 Å². The number of hydrogen-bond acceptors (Lipinski definition) is 9. The Balaban J connectivity index is 0.925. The Hall–Kier alpha value is -4.36. The number of aryl methyl sites for hydroxylation is 1. The van der Waals surface area contributed by atoms with Gasteiger partial charge >= 0.3 is 5.69 Å². The summed E-state index contributed by atoms with van der Waals surface area (Å²) < 4.78 is 23.6. The normalized spacial score (nSPS) is 19.6. The van der Waals surface area contributed by atoms with Crippen LogP contribution in [-0.4, -0.2) is 74.6 Å². The van der Waals surface area contributed by atoms with Crippen molar-refractivity contribution < 1.29 is 14.2 Å². The van der Waals surface area contributed by atoms with E-state index in [1.165, 1.54) is 11.0 Å².